The summed E-state index contributed by atoms with van der Waals surface area (Å²) in [4.78, 5) is 31.2. The number of halogens is 2. The fraction of sp³-hybridized carbons (Fsp3) is 0.200. The molecule has 3 rings (SSSR count). The third kappa shape index (κ3) is 5.82. The minimum absolute atomic E-state index is 0. The number of aromatic nitrogens is 1. The Hall–Kier alpha value is -2.88. The number of amides is 1. The van der Waals surface area contributed by atoms with E-state index < -0.39 is 4.92 Å². The number of nitrogens with zero attached hydrogens (tertiary/aromatic N) is 4. The molecule has 158 valence electrons. The van der Waals surface area contributed by atoms with Crippen molar-refractivity contribution >= 4 is 56.8 Å². The van der Waals surface area contributed by atoms with Crippen LogP contribution in [0.5, 0.6) is 0 Å². The first-order valence-electron chi connectivity index (χ1n) is 8.78. The molecule has 0 saturated heterocycles. The van der Waals surface area contributed by atoms with E-state index in [0.29, 0.717) is 34.0 Å². The Morgan fingerprint density at radius 1 is 1.23 bits per heavy atom. The molecule has 3 aromatic rings. The van der Waals surface area contributed by atoms with Crippen molar-refractivity contribution in [2.75, 3.05) is 32.1 Å². The Labute approximate surface area is 183 Å². The number of hydrogen-bond donors (Lipinski definition) is 0. The lowest BCUT2D eigenvalue weighted by atomic mass is 10.2. The van der Waals surface area contributed by atoms with Crippen molar-refractivity contribution in [3.8, 4) is 0 Å². The highest BCUT2D eigenvalue weighted by atomic mass is 35.5. The van der Waals surface area contributed by atoms with Crippen LogP contribution >= 0.6 is 23.7 Å². The van der Waals surface area contributed by atoms with Crippen LogP contribution in [0.1, 0.15) is 5.56 Å². The highest BCUT2D eigenvalue weighted by Gasteiger charge is 2.18. The van der Waals surface area contributed by atoms with Gasteiger partial charge in [-0.2, -0.15) is 0 Å². The van der Waals surface area contributed by atoms with Gasteiger partial charge in [0.2, 0.25) is 0 Å². The molecular formula is C20H20ClFN4O3S. The molecule has 0 aliphatic heterocycles. The van der Waals surface area contributed by atoms with E-state index in [1.165, 1.54) is 52.7 Å². The summed E-state index contributed by atoms with van der Waals surface area (Å²) in [5, 5.41) is 11.4. The Morgan fingerprint density at radius 3 is 2.70 bits per heavy atom. The molecule has 1 amide bonds. The van der Waals surface area contributed by atoms with Gasteiger partial charge in [-0.15, -0.1) is 12.4 Å². The van der Waals surface area contributed by atoms with Crippen molar-refractivity contribution in [1.82, 2.24) is 9.88 Å². The summed E-state index contributed by atoms with van der Waals surface area (Å²) in [5.41, 5.74) is 1.13. The molecule has 0 aliphatic carbocycles. The molecule has 0 saturated carbocycles. The van der Waals surface area contributed by atoms with Gasteiger partial charge in [0.25, 0.3) is 11.6 Å². The molecule has 0 unspecified atom stereocenters. The fourth-order valence-corrected chi connectivity index (χ4v) is 3.62. The summed E-state index contributed by atoms with van der Waals surface area (Å²) >= 11 is 1.24. The summed E-state index contributed by atoms with van der Waals surface area (Å²) in [6.07, 6.45) is 2.90. The third-order valence-corrected chi connectivity index (χ3v) is 5.15. The standard InChI is InChI=1S/C20H19FN4O3S.ClH/c1-23(2)10-11-24(20-22-17-8-7-15(21)13-18(17)29-20)19(26)9-6-14-4-3-5-16(12-14)25(27)28;/h3-9,12-13H,10-11H2,1-2H3;1H. The van der Waals surface area contributed by atoms with Crippen LogP contribution in [0.3, 0.4) is 0 Å². The van der Waals surface area contributed by atoms with Crippen LogP contribution in [0.15, 0.2) is 48.5 Å². The first-order chi connectivity index (χ1) is 13.8. The van der Waals surface area contributed by atoms with Crippen molar-refractivity contribution in [3.63, 3.8) is 0 Å². The number of nitro benzene ring substituents is 1. The van der Waals surface area contributed by atoms with Gasteiger partial charge >= 0.3 is 0 Å². The number of carbonyl (C=O) groups excluding carboxylic acids is 1. The minimum atomic E-state index is -0.483. The number of benzene rings is 2. The second kappa shape index (κ2) is 10.2. The maximum absolute atomic E-state index is 13.5. The Balaban J connectivity index is 0.00000320. The van der Waals surface area contributed by atoms with Gasteiger partial charge in [0.1, 0.15) is 5.82 Å². The van der Waals surface area contributed by atoms with E-state index in [-0.39, 0.29) is 29.8 Å². The number of carbonyl (C=O) groups is 1. The van der Waals surface area contributed by atoms with Crippen molar-refractivity contribution in [3.05, 3.63) is 70.0 Å². The van der Waals surface area contributed by atoms with Crippen molar-refractivity contribution in [2.24, 2.45) is 0 Å². The summed E-state index contributed by atoms with van der Waals surface area (Å²) < 4.78 is 14.1. The number of hydrogen-bond acceptors (Lipinski definition) is 6. The molecule has 0 aliphatic rings. The zero-order valence-electron chi connectivity index (χ0n) is 16.3. The summed E-state index contributed by atoms with van der Waals surface area (Å²) in [5.74, 6) is -0.665. The highest BCUT2D eigenvalue weighted by molar-refractivity contribution is 7.22. The molecule has 10 heteroatoms. The van der Waals surface area contributed by atoms with Crippen molar-refractivity contribution in [2.45, 2.75) is 0 Å². The lowest BCUT2D eigenvalue weighted by Crippen LogP contribution is -2.35. The Bertz CT molecular complexity index is 1090. The molecule has 0 N–H and O–H groups in total. The van der Waals surface area contributed by atoms with E-state index in [9.17, 15) is 19.3 Å². The van der Waals surface area contributed by atoms with Gasteiger partial charge in [0.05, 0.1) is 15.1 Å². The van der Waals surface area contributed by atoms with Crippen LogP contribution in [0.2, 0.25) is 0 Å². The largest absolute Gasteiger partial charge is 0.308 e. The SMILES string of the molecule is CN(C)CCN(C(=O)C=Cc1cccc([N+](=O)[O-])c1)c1nc2ccc(F)cc2s1.Cl. The number of rotatable bonds is 7. The second-order valence-electron chi connectivity index (χ2n) is 6.59. The van der Waals surface area contributed by atoms with Gasteiger partial charge in [-0.1, -0.05) is 23.5 Å². The lowest BCUT2D eigenvalue weighted by Gasteiger charge is -2.20. The molecule has 0 fully saturated rings. The molecule has 0 radical (unpaired) electrons. The smallest absolute Gasteiger partial charge is 0.270 e. The molecule has 2 aromatic carbocycles. The van der Waals surface area contributed by atoms with Gasteiger partial charge in [-0.05, 0) is 43.9 Å². The molecule has 0 atom stereocenters. The van der Waals surface area contributed by atoms with Gasteiger partial charge < -0.3 is 4.90 Å². The quantitative estimate of drug-likeness (QED) is 0.303. The molecule has 30 heavy (non-hydrogen) atoms. The van der Waals surface area contributed by atoms with E-state index in [2.05, 4.69) is 4.98 Å². The predicted octanol–water partition coefficient (Wildman–Crippen LogP) is 4.37. The van der Waals surface area contributed by atoms with Crippen LogP contribution in [-0.4, -0.2) is 47.9 Å². The molecule has 1 aromatic heterocycles. The lowest BCUT2D eigenvalue weighted by molar-refractivity contribution is -0.384. The van der Waals surface area contributed by atoms with Crippen LogP contribution in [0.25, 0.3) is 16.3 Å². The summed E-state index contributed by atoms with van der Waals surface area (Å²) in [6.45, 7) is 1.01. The van der Waals surface area contributed by atoms with E-state index in [0.717, 1.165) is 0 Å². The van der Waals surface area contributed by atoms with Crippen molar-refractivity contribution in [1.29, 1.82) is 0 Å². The number of fused-ring (bicyclic) bond motifs is 1. The topological polar surface area (TPSA) is 79.6 Å². The Kier molecular flexibility index (Phi) is 7.99. The van der Waals surface area contributed by atoms with Crippen LogP contribution in [0.4, 0.5) is 15.2 Å². The first-order valence-corrected chi connectivity index (χ1v) is 9.60. The van der Waals surface area contributed by atoms with Crippen LogP contribution < -0.4 is 4.90 Å². The van der Waals surface area contributed by atoms with E-state index >= 15 is 0 Å². The summed E-state index contributed by atoms with van der Waals surface area (Å²) in [6, 6.07) is 10.3. The first kappa shape index (κ1) is 23.4. The normalized spacial score (nSPS) is 11.1. The number of anilines is 1. The zero-order valence-corrected chi connectivity index (χ0v) is 18.0. The number of thiazole rings is 1. The number of likely N-dealkylation sites (N-methyl/N-ethyl adjacent to an activating group) is 1. The third-order valence-electron chi connectivity index (χ3n) is 4.11. The van der Waals surface area contributed by atoms with E-state index in [1.807, 2.05) is 19.0 Å². The molecule has 0 spiro atoms. The van der Waals surface area contributed by atoms with E-state index in [4.69, 9.17) is 0 Å². The second-order valence-corrected chi connectivity index (χ2v) is 7.60. The van der Waals surface area contributed by atoms with Gasteiger partial charge in [0.15, 0.2) is 5.13 Å². The number of nitro groups is 1. The van der Waals surface area contributed by atoms with Crippen molar-refractivity contribution < 1.29 is 14.1 Å². The predicted molar refractivity (Wildman–Crippen MR) is 120 cm³/mol. The van der Waals surface area contributed by atoms with Gasteiger partial charge in [0, 0.05) is 31.3 Å². The average molecular weight is 451 g/mol. The molecule has 1 heterocycles. The monoisotopic (exact) mass is 450 g/mol. The maximum atomic E-state index is 13.5. The molecule has 0 bridgehead atoms. The number of non-ortho nitro benzene ring substituents is 1. The average Bonchev–Trinajstić information content (AvgIpc) is 3.09. The zero-order chi connectivity index (χ0) is 21.0. The molecular weight excluding hydrogens is 431 g/mol. The summed E-state index contributed by atoms with van der Waals surface area (Å²) in [7, 11) is 3.80. The van der Waals surface area contributed by atoms with Crippen LogP contribution in [0, 0.1) is 15.9 Å². The Morgan fingerprint density at radius 2 is 2.00 bits per heavy atom. The molecule has 7 nitrogen and oxygen atoms in total. The minimum Gasteiger partial charge on any atom is -0.308 e. The van der Waals surface area contributed by atoms with Gasteiger partial charge in [-0.25, -0.2) is 9.37 Å². The van der Waals surface area contributed by atoms with Gasteiger partial charge in [-0.3, -0.25) is 19.8 Å². The fourth-order valence-electron chi connectivity index (χ4n) is 2.60. The van der Waals surface area contributed by atoms with E-state index in [1.54, 1.807) is 18.2 Å². The van der Waals surface area contributed by atoms with Crippen LogP contribution in [-0.2, 0) is 4.79 Å². The highest BCUT2D eigenvalue weighted by Crippen LogP contribution is 2.29. The maximum Gasteiger partial charge on any atom is 0.270 e.